The van der Waals surface area contributed by atoms with E-state index in [4.69, 9.17) is 0 Å². The molecule has 1 fully saturated rings. The monoisotopic (exact) mass is 245 g/mol. The molecule has 1 aromatic heterocycles. The number of sulfone groups is 1. The van der Waals surface area contributed by atoms with E-state index < -0.39 is 15.3 Å². The van der Waals surface area contributed by atoms with Crippen LogP contribution in [0.4, 0.5) is 0 Å². The highest BCUT2D eigenvalue weighted by Gasteiger charge is 2.42. The average molecular weight is 245 g/mol. The molecule has 1 aromatic rings. The third-order valence-electron chi connectivity index (χ3n) is 2.68. The van der Waals surface area contributed by atoms with E-state index in [0.29, 0.717) is 12.8 Å². The normalized spacial score (nSPS) is 29.1. The molecule has 4 nitrogen and oxygen atoms in total. The minimum Gasteiger partial charge on any atom is -0.303 e. The maximum Gasteiger partial charge on any atom is 0.151 e. The summed E-state index contributed by atoms with van der Waals surface area (Å²) in [5.41, 5.74) is 0.989. The van der Waals surface area contributed by atoms with E-state index in [-0.39, 0.29) is 11.5 Å². The number of rotatable bonds is 3. The molecule has 0 N–H and O–H groups in total. The van der Waals surface area contributed by atoms with Gasteiger partial charge in [-0.25, -0.2) is 8.42 Å². The van der Waals surface area contributed by atoms with Crippen LogP contribution in [0, 0.1) is 5.41 Å². The molecule has 2 heterocycles. The smallest absolute Gasteiger partial charge is 0.151 e. The van der Waals surface area contributed by atoms with Crippen LogP contribution < -0.4 is 0 Å². The van der Waals surface area contributed by atoms with E-state index in [1.807, 2.05) is 0 Å². The van der Waals surface area contributed by atoms with Crippen LogP contribution in [0.15, 0.2) is 11.7 Å². The van der Waals surface area contributed by atoms with Gasteiger partial charge in [0.25, 0.3) is 0 Å². The van der Waals surface area contributed by atoms with Gasteiger partial charge >= 0.3 is 0 Å². The Morgan fingerprint density at radius 3 is 2.87 bits per heavy atom. The standard InChI is InChI=1S/C9H11NO3S2/c11-5-9(1-2-15(12,13)6-9)3-8-4-10-7-14-8/h4-5,7H,1-3,6H2. The first kappa shape index (κ1) is 10.8. The molecule has 15 heavy (non-hydrogen) atoms. The second-order valence-electron chi connectivity index (χ2n) is 3.97. The quantitative estimate of drug-likeness (QED) is 0.735. The van der Waals surface area contributed by atoms with Gasteiger partial charge < -0.3 is 4.79 Å². The number of carbonyl (C=O) groups excluding carboxylic acids is 1. The van der Waals surface area contributed by atoms with Gasteiger partial charge in [-0.2, -0.15) is 0 Å². The van der Waals surface area contributed by atoms with Crippen molar-refractivity contribution >= 4 is 27.5 Å². The third kappa shape index (κ3) is 2.26. The summed E-state index contributed by atoms with van der Waals surface area (Å²) < 4.78 is 22.7. The molecule has 0 saturated carbocycles. The minimum absolute atomic E-state index is 0.0125. The average Bonchev–Trinajstić information content (AvgIpc) is 2.75. The lowest BCUT2D eigenvalue weighted by atomic mass is 9.85. The van der Waals surface area contributed by atoms with Crippen LogP contribution >= 0.6 is 11.3 Å². The number of carbonyl (C=O) groups is 1. The summed E-state index contributed by atoms with van der Waals surface area (Å²) in [6.07, 6.45) is 3.44. The van der Waals surface area contributed by atoms with Gasteiger partial charge in [0.1, 0.15) is 6.29 Å². The zero-order chi connectivity index (χ0) is 10.9. The Hall–Kier alpha value is -0.750. The first-order valence-corrected chi connectivity index (χ1v) is 7.30. The van der Waals surface area contributed by atoms with Crippen LogP contribution in [0.2, 0.25) is 0 Å². The Morgan fingerprint density at radius 1 is 1.60 bits per heavy atom. The van der Waals surface area contributed by atoms with Crippen LogP contribution in [-0.4, -0.2) is 31.2 Å². The highest BCUT2D eigenvalue weighted by atomic mass is 32.2. The first-order valence-electron chi connectivity index (χ1n) is 4.59. The molecule has 1 atom stereocenters. The van der Waals surface area contributed by atoms with Gasteiger partial charge in [0, 0.05) is 16.5 Å². The second-order valence-corrected chi connectivity index (χ2v) is 7.12. The number of thiazole rings is 1. The fourth-order valence-corrected chi connectivity index (χ4v) is 4.69. The molecule has 0 aliphatic carbocycles. The summed E-state index contributed by atoms with van der Waals surface area (Å²) in [7, 11) is -3.02. The predicted molar refractivity (Wildman–Crippen MR) is 57.6 cm³/mol. The summed E-state index contributed by atoms with van der Waals surface area (Å²) in [4.78, 5) is 16.0. The van der Waals surface area contributed by atoms with Crippen LogP contribution in [-0.2, 0) is 21.1 Å². The zero-order valence-corrected chi connectivity index (χ0v) is 9.68. The molecule has 0 aromatic carbocycles. The molecule has 0 amide bonds. The van der Waals surface area contributed by atoms with Crippen molar-refractivity contribution in [1.82, 2.24) is 4.98 Å². The molecule has 0 spiro atoms. The highest BCUT2D eigenvalue weighted by molar-refractivity contribution is 7.91. The number of nitrogens with zero attached hydrogens (tertiary/aromatic N) is 1. The lowest BCUT2D eigenvalue weighted by molar-refractivity contribution is -0.115. The summed E-state index contributed by atoms with van der Waals surface area (Å²) in [5.74, 6) is 0.117. The van der Waals surface area contributed by atoms with Gasteiger partial charge in [0.05, 0.1) is 17.0 Å². The topological polar surface area (TPSA) is 64.1 Å². The highest BCUT2D eigenvalue weighted by Crippen LogP contribution is 2.34. The van der Waals surface area contributed by atoms with Gasteiger partial charge in [-0.15, -0.1) is 11.3 Å². The van der Waals surface area contributed by atoms with E-state index >= 15 is 0 Å². The Morgan fingerprint density at radius 2 is 2.40 bits per heavy atom. The fraction of sp³-hybridized carbons (Fsp3) is 0.556. The Balaban J connectivity index is 2.21. The number of aldehydes is 1. The molecule has 82 valence electrons. The molecule has 1 aliphatic rings. The maximum atomic E-state index is 11.4. The lowest BCUT2D eigenvalue weighted by Gasteiger charge is -2.18. The summed E-state index contributed by atoms with van der Waals surface area (Å²) in [6.45, 7) is 0. The maximum absolute atomic E-state index is 11.4. The van der Waals surface area contributed by atoms with Gasteiger partial charge in [0.2, 0.25) is 0 Å². The number of hydrogen-bond donors (Lipinski definition) is 0. The van der Waals surface area contributed by atoms with E-state index in [1.165, 1.54) is 11.3 Å². The van der Waals surface area contributed by atoms with Crippen LogP contribution in [0.5, 0.6) is 0 Å². The van der Waals surface area contributed by atoms with Crippen molar-refractivity contribution in [3.05, 3.63) is 16.6 Å². The van der Waals surface area contributed by atoms with Crippen molar-refractivity contribution in [2.45, 2.75) is 12.8 Å². The number of aromatic nitrogens is 1. The van der Waals surface area contributed by atoms with E-state index in [9.17, 15) is 13.2 Å². The van der Waals surface area contributed by atoms with Gasteiger partial charge in [-0.05, 0) is 12.8 Å². The first-order chi connectivity index (χ1) is 7.05. The molecular weight excluding hydrogens is 234 g/mol. The molecule has 6 heteroatoms. The van der Waals surface area contributed by atoms with Crippen molar-refractivity contribution in [3.63, 3.8) is 0 Å². The van der Waals surface area contributed by atoms with Gasteiger partial charge in [-0.1, -0.05) is 0 Å². The van der Waals surface area contributed by atoms with Crippen molar-refractivity contribution < 1.29 is 13.2 Å². The summed E-state index contributed by atoms with van der Waals surface area (Å²) >= 11 is 1.46. The zero-order valence-electron chi connectivity index (χ0n) is 8.05. The molecular formula is C9H11NO3S2. The molecule has 1 unspecified atom stereocenters. The Labute approximate surface area is 92.3 Å². The van der Waals surface area contributed by atoms with Gasteiger partial charge in [-0.3, -0.25) is 4.98 Å². The van der Waals surface area contributed by atoms with Crippen molar-refractivity contribution in [2.75, 3.05) is 11.5 Å². The fourth-order valence-electron chi connectivity index (χ4n) is 1.89. The number of hydrogen-bond acceptors (Lipinski definition) is 5. The molecule has 1 saturated heterocycles. The largest absolute Gasteiger partial charge is 0.303 e. The van der Waals surface area contributed by atoms with Crippen LogP contribution in [0.3, 0.4) is 0 Å². The Bertz CT molecular complexity index is 452. The van der Waals surface area contributed by atoms with Gasteiger partial charge in [0.15, 0.2) is 9.84 Å². The van der Waals surface area contributed by atoms with Crippen molar-refractivity contribution in [3.8, 4) is 0 Å². The molecule has 2 rings (SSSR count). The second kappa shape index (κ2) is 3.68. The molecule has 1 aliphatic heterocycles. The lowest BCUT2D eigenvalue weighted by Crippen LogP contribution is -2.26. The minimum atomic E-state index is -3.02. The molecule has 0 radical (unpaired) electrons. The Kier molecular flexibility index (Phi) is 2.64. The van der Waals surface area contributed by atoms with E-state index in [1.54, 1.807) is 11.7 Å². The molecule has 0 bridgehead atoms. The SMILES string of the molecule is O=CC1(Cc2cncs2)CCS(=O)(=O)C1. The van der Waals surface area contributed by atoms with E-state index in [2.05, 4.69) is 4.98 Å². The van der Waals surface area contributed by atoms with E-state index in [0.717, 1.165) is 11.2 Å². The summed E-state index contributed by atoms with van der Waals surface area (Å²) in [5, 5.41) is 0. The predicted octanol–water partition coefficient (Wildman–Crippen LogP) is 0.689. The van der Waals surface area contributed by atoms with Crippen molar-refractivity contribution in [1.29, 1.82) is 0 Å². The van der Waals surface area contributed by atoms with Crippen LogP contribution in [0.25, 0.3) is 0 Å². The van der Waals surface area contributed by atoms with Crippen molar-refractivity contribution in [2.24, 2.45) is 5.41 Å². The van der Waals surface area contributed by atoms with Crippen LogP contribution in [0.1, 0.15) is 11.3 Å². The summed E-state index contributed by atoms with van der Waals surface area (Å²) in [6, 6.07) is 0. The third-order valence-corrected chi connectivity index (χ3v) is 5.30.